The van der Waals surface area contributed by atoms with Gasteiger partial charge in [0.05, 0.1) is 26.4 Å². The minimum atomic E-state index is -0.512. The van der Waals surface area contributed by atoms with Crippen LogP contribution < -0.4 is 9.64 Å². The van der Waals surface area contributed by atoms with Gasteiger partial charge >= 0.3 is 0 Å². The van der Waals surface area contributed by atoms with Crippen molar-refractivity contribution in [2.45, 2.75) is 19.6 Å². The van der Waals surface area contributed by atoms with E-state index in [2.05, 4.69) is 9.80 Å². The van der Waals surface area contributed by atoms with Crippen molar-refractivity contribution in [1.82, 2.24) is 4.90 Å². The Labute approximate surface area is 172 Å². The van der Waals surface area contributed by atoms with Crippen molar-refractivity contribution in [2.75, 3.05) is 51.3 Å². The first-order valence-electron chi connectivity index (χ1n) is 10.0. The minimum absolute atomic E-state index is 0.0870. The molecule has 1 heterocycles. The van der Waals surface area contributed by atoms with E-state index in [1.54, 1.807) is 14.0 Å². The number of carbonyl (C=O) groups is 1. The number of aliphatic hydroxyl groups excluding tert-OH is 1. The second kappa shape index (κ2) is 10.4. The molecule has 0 radical (unpaired) electrons. The first-order chi connectivity index (χ1) is 14.0. The van der Waals surface area contributed by atoms with Gasteiger partial charge in [0.2, 0.25) is 0 Å². The number of methoxy groups -OCH3 is 1. The number of piperazine rings is 1. The van der Waals surface area contributed by atoms with Crippen molar-refractivity contribution < 1.29 is 19.4 Å². The average molecular weight is 399 g/mol. The zero-order valence-corrected chi connectivity index (χ0v) is 17.2. The second-order valence-corrected chi connectivity index (χ2v) is 7.41. The van der Waals surface area contributed by atoms with Crippen LogP contribution >= 0.6 is 0 Å². The highest BCUT2D eigenvalue weighted by Crippen LogP contribution is 2.18. The summed E-state index contributed by atoms with van der Waals surface area (Å²) in [6.45, 7) is 6.54. The van der Waals surface area contributed by atoms with Crippen LogP contribution in [0.5, 0.6) is 5.75 Å². The predicted molar refractivity (Wildman–Crippen MR) is 114 cm³/mol. The van der Waals surface area contributed by atoms with Gasteiger partial charge < -0.3 is 19.5 Å². The Kier molecular flexibility index (Phi) is 7.63. The van der Waals surface area contributed by atoms with E-state index in [0.29, 0.717) is 19.8 Å². The van der Waals surface area contributed by atoms with E-state index >= 15 is 0 Å². The molecule has 1 aliphatic rings. The zero-order valence-electron chi connectivity index (χ0n) is 17.2. The molecule has 29 heavy (non-hydrogen) atoms. The molecule has 156 valence electrons. The third-order valence-electron chi connectivity index (χ3n) is 5.19. The number of hydrogen-bond donors (Lipinski definition) is 1. The van der Waals surface area contributed by atoms with Crippen LogP contribution in [0.15, 0.2) is 48.5 Å². The van der Waals surface area contributed by atoms with E-state index < -0.39 is 6.10 Å². The van der Waals surface area contributed by atoms with Crippen molar-refractivity contribution in [2.24, 2.45) is 0 Å². The lowest BCUT2D eigenvalue weighted by molar-refractivity contribution is 0.00910. The first-order valence-corrected chi connectivity index (χ1v) is 10.0. The smallest absolute Gasteiger partial charge is 0.159 e. The van der Waals surface area contributed by atoms with E-state index in [0.717, 1.165) is 48.7 Å². The molecule has 6 nitrogen and oxygen atoms in total. The van der Waals surface area contributed by atoms with Gasteiger partial charge in [-0.05, 0) is 48.9 Å². The van der Waals surface area contributed by atoms with Crippen LogP contribution in [-0.4, -0.2) is 68.3 Å². The number of carbonyl (C=O) groups excluding carboxylic acids is 1. The molecule has 0 aliphatic carbocycles. The molecule has 3 rings (SSSR count). The van der Waals surface area contributed by atoms with Crippen molar-refractivity contribution in [3.63, 3.8) is 0 Å². The summed E-state index contributed by atoms with van der Waals surface area (Å²) in [6, 6.07) is 15.5. The molecule has 6 heteroatoms. The van der Waals surface area contributed by atoms with Gasteiger partial charge in [-0.1, -0.05) is 12.1 Å². The van der Waals surface area contributed by atoms with Crippen LogP contribution in [0, 0.1) is 0 Å². The molecule has 0 saturated carbocycles. The topological polar surface area (TPSA) is 62.2 Å². The van der Waals surface area contributed by atoms with E-state index in [1.807, 2.05) is 48.5 Å². The average Bonchev–Trinajstić information content (AvgIpc) is 2.74. The maximum atomic E-state index is 11.4. The molecule has 2 aromatic rings. The number of ether oxygens (including phenoxy) is 2. The van der Waals surface area contributed by atoms with Gasteiger partial charge in [0.1, 0.15) is 5.75 Å². The number of aliphatic hydroxyl groups is 1. The minimum Gasteiger partial charge on any atom is -0.497 e. The van der Waals surface area contributed by atoms with Crippen molar-refractivity contribution in [3.8, 4) is 5.75 Å². The fourth-order valence-corrected chi connectivity index (χ4v) is 3.52. The summed E-state index contributed by atoms with van der Waals surface area (Å²) in [5, 5.41) is 10.3. The number of Topliss-reactive ketones (excluding diaryl/α,β-unsaturated/α-hetero) is 1. The van der Waals surface area contributed by atoms with Gasteiger partial charge in [0, 0.05) is 44.0 Å². The lowest BCUT2D eigenvalue weighted by Gasteiger charge is -2.36. The summed E-state index contributed by atoms with van der Waals surface area (Å²) >= 11 is 0. The molecule has 2 aromatic carbocycles. The molecule has 0 aromatic heterocycles. The van der Waals surface area contributed by atoms with Gasteiger partial charge in [-0.25, -0.2) is 0 Å². The summed E-state index contributed by atoms with van der Waals surface area (Å²) < 4.78 is 10.9. The van der Waals surface area contributed by atoms with Gasteiger partial charge in [0.25, 0.3) is 0 Å². The Hall–Kier alpha value is -2.41. The molecule has 0 spiro atoms. The highest BCUT2D eigenvalue weighted by atomic mass is 16.5. The van der Waals surface area contributed by atoms with E-state index in [4.69, 9.17) is 9.47 Å². The molecular formula is C23H30N2O4. The maximum absolute atomic E-state index is 11.4. The molecular weight excluding hydrogens is 368 g/mol. The van der Waals surface area contributed by atoms with Gasteiger partial charge in [-0.3, -0.25) is 9.69 Å². The fourth-order valence-electron chi connectivity index (χ4n) is 3.52. The van der Waals surface area contributed by atoms with E-state index in [-0.39, 0.29) is 5.78 Å². The van der Waals surface area contributed by atoms with Gasteiger partial charge in [0.15, 0.2) is 5.78 Å². The van der Waals surface area contributed by atoms with Crippen LogP contribution in [-0.2, 0) is 11.3 Å². The Morgan fingerprint density at radius 1 is 1.10 bits per heavy atom. The summed E-state index contributed by atoms with van der Waals surface area (Å²) in [6.07, 6.45) is -0.512. The molecule has 1 aliphatic heterocycles. The zero-order chi connectivity index (χ0) is 20.6. The summed E-state index contributed by atoms with van der Waals surface area (Å²) in [4.78, 5) is 16.0. The SMILES string of the molecule is COc1cccc(COC[C@H](O)CN2CCN(c3ccc(C(C)=O)cc3)CC2)c1. The number of nitrogens with zero attached hydrogens (tertiary/aromatic N) is 2. The highest BCUT2D eigenvalue weighted by Gasteiger charge is 2.19. The molecule has 1 fully saturated rings. The Balaban J connectivity index is 1.38. The first kappa shape index (κ1) is 21.3. The standard InChI is InChI=1S/C23H30N2O4/c1-18(26)20-6-8-21(9-7-20)25-12-10-24(11-13-25)15-22(27)17-29-16-19-4-3-5-23(14-19)28-2/h3-9,14,22,27H,10-13,15-17H2,1-2H3/t22-/m1/s1. The maximum Gasteiger partial charge on any atom is 0.159 e. The third kappa shape index (κ3) is 6.29. The fraction of sp³-hybridized carbons (Fsp3) is 0.435. The number of anilines is 1. The molecule has 0 amide bonds. The number of benzene rings is 2. The summed E-state index contributed by atoms with van der Waals surface area (Å²) in [5.74, 6) is 0.893. The van der Waals surface area contributed by atoms with Crippen LogP contribution in [0.25, 0.3) is 0 Å². The summed E-state index contributed by atoms with van der Waals surface area (Å²) in [5.41, 5.74) is 2.90. The van der Waals surface area contributed by atoms with Crippen LogP contribution in [0.3, 0.4) is 0 Å². The Bertz CT molecular complexity index is 786. The second-order valence-electron chi connectivity index (χ2n) is 7.41. The van der Waals surface area contributed by atoms with Crippen LogP contribution in [0.1, 0.15) is 22.8 Å². The lowest BCUT2D eigenvalue weighted by atomic mass is 10.1. The van der Waals surface area contributed by atoms with Crippen LogP contribution in [0.4, 0.5) is 5.69 Å². The monoisotopic (exact) mass is 398 g/mol. The van der Waals surface area contributed by atoms with Crippen LogP contribution in [0.2, 0.25) is 0 Å². The summed E-state index contributed by atoms with van der Waals surface area (Å²) in [7, 11) is 1.64. The third-order valence-corrected chi connectivity index (χ3v) is 5.19. The highest BCUT2D eigenvalue weighted by molar-refractivity contribution is 5.94. The van der Waals surface area contributed by atoms with Crippen molar-refractivity contribution >= 4 is 11.5 Å². The quantitative estimate of drug-likeness (QED) is 0.655. The van der Waals surface area contributed by atoms with Gasteiger partial charge in [-0.15, -0.1) is 0 Å². The van der Waals surface area contributed by atoms with Crippen molar-refractivity contribution in [3.05, 3.63) is 59.7 Å². The Morgan fingerprint density at radius 2 is 1.83 bits per heavy atom. The molecule has 1 saturated heterocycles. The van der Waals surface area contributed by atoms with E-state index in [9.17, 15) is 9.90 Å². The predicted octanol–water partition coefficient (Wildman–Crippen LogP) is 2.60. The number of rotatable bonds is 9. The number of hydrogen-bond acceptors (Lipinski definition) is 6. The van der Waals surface area contributed by atoms with Crippen molar-refractivity contribution in [1.29, 1.82) is 0 Å². The lowest BCUT2D eigenvalue weighted by Crippen LogP contribution is -2.49. The molecule has 0 bridgehead atoms. The Morgan fingerprint density at radius 3 is 2.48 bits per heavy atom. The molecule has 1 atom stereocenters. The number of β-amino-alcohol motifs (C(OH)–C–C–N with tert-alkyl or cyclic N) is 1. The number of ketones is 1. The van der Waals surface area contributed by atoms with Gasteiger partial charge in [-0.2, -0.15) is 0 Å². The molecule has 1 N–H and O–H groups in total. The van der Waals surface area contributed by atoms with E-state index in [1.165, 1.54) is 0 Å². The molecule has 0 unspecified atom stereocenters. The largest absolute Gasteiger partial charge is 0.497 e. The normalized spacial score (nSPS) is 15.9.